The monoisotopic (exact) mass is 305 g/mol. The van der Waals surface area contributed by atoms with Gasteiger partial charge in [0, 0.05) is 5.69 Å². The van der Waals surface area contributed by atoms with E-state index in [0.717, 1.165) is 19.3 Å². The van der Waals surface area contributed by atoms with E-state index in [1.807, 2.05) is 0 Å². The van der Waals surface area contributed by atoms with Crippen LogP contribution in [0.5, 0.6) is 5.75 Å². The molecule has 0 saturated heterocycles. The molecule has 4 rings (SSSR count). The summed E-state index contributed by atoms with van der Waals surface area (Å²) < 4.78 is 5.34. The summed E-state index contributed by atoms with van der Waals surface area (Å²) in [6.45, 7) is 4.59. The Kier molecular flexibility index (Phi) is 3.56. The third-order valence-electron chi connectivity index (χ3n) is 5.72. The first-order chi connectivity index (χ1) is 10.3. The van der Waals surface area contributed by atoms with Gasteiger partial charge in [0.2, 0.25) is 0 Å². The van der Waals surface area contributed by atoms with Crippen molar-refractivity contribution in [3.05, 3.63) is 24.3 Å². The van der Waals surface area contributed by atoms with Gasteiger partial charge in [0.1, 0.15) is 5.75 Å². The summed E-state index contributed by atoms with van der Waals surface area (Å²) in [5.41, 5.74) is -0.0281. The molecule has 1 amide bonds. The van der Waals surface area contributed by atoms with Crippen LogP contribution in [0.1, 0.15) is 33.1 Å². The maximum Gasteiger partial charge on any atom is 0.411 e. The number of rotatable bonds is 3. The van der Waals surface area contributed by atoms with Crippen LogP contribution in [0.3, 0.4) is 0 Å². The lowest BCUT2D eigenvalue weighted by Crippen LogP contribution is -2.66. The summed E-state index contributed by atoms with van der Waals surface area (Å²) in [6.07, 6.45) is 2.01. The van der Waals surface area contributed by atoms with E-state index in [1.54, 1.807) is 12.1 Å². The summed E-state index contributed by atoms with van der Waals surface area (Å²) in [5.74, 6) is 0.878. The summed E-state index contributed by atoms with van der Waals surface area (Å²) in [7, 11) is 0. The third-order valence-corrected chi connectivity index (χ3v) is 5.72. The number of phenolic OH excluding ortho intramolecular Hbond substituents is 1. The lowest BCUT2D eigenvalue weighted by Gasteiger charge is -2.65. The fourth-order valence-corrected chi connectivity index (χ4v) is 3.98. The highest BCUT2D eigenvalue weighted by Crippen LogP contribution is 2.63. The van der Waals surface area contributed by atoms with Gasteiger partial charge in [0.05, 0.1) is 12.2 Å². The second kappa shape index (κ2) is 5.16. The van der Waals surface area contributed by atoms with Gasteiger partial charge in [0.25, 0.3) is 0 Å². The van der Waals surface area contributed by atoms with E-state index in [-0.39, 0.29) is 11.2 Å². The van der Waals surface area contributed by atoms with Gasteiger partial charge in [-0.15, -0.1) is 0 Å². The molecule has 3 saturated carbocycles. The van der Waals surface area contributed by atoms with Crippen LogP contribution in [0.2, 0.25) is 0 Å². The SMILES string of the molecule is CC1(C)[C@H]2C[C@]1(O)CC[C@H]2COC(=O)Nc1ccc(O)cc1. The number of fused-ring (bicyclic) bond motifs is 2. The van der Waals surface area contributed by atoms with Crippen molar-refractivity contribution in [1.82, 2.24) is 0 Å². The standard InChI is InChI=1S/C17H23NO4/c1-16(2)14-9-17(16,21)8-7-11(14)10-22-15(20)18-12-3-5-13(19)6-4-12/h3-6,11,14,19,21H,7-10H2,1-2H3,(H,18,20)/t11-,14-,17+/m0/s1. The minimum atomic E-state index is -0.525. The number of aliphatic hydroxyl groups is 1. The number of amides is 1. The van der Waals surface area contributed by atoms with E-state index in [2.05, 4.69) is 19.2 Å². The molecular weight excluding hydrogens is 282 g/mol. The number of hydrogen-bond donors (Lipinski definition) is 3. The summed E-state index contributed by atoms with van der Waals surface area (Å²) in [6, 6.07) is 6.25. The van der Waals surface area contributed by atoms with Crippen molar-refractivity contribution in [2.45, 2.75) is 38.7 Å². The molecule has 1 aromatic rings. The zero-order valence-electron chi connectivity index (χ0n) is 13.0. The number of hydrogen-bond acceptors (Lipinski definition) is 4. The van der Waals surface area contributed by atoms with E-state index < -0.39 is 11.7 Å². The number of carbonyl (C=O) groups is 1. The first-order valence-electron chi connectivity index (χ1n) is 7.77. The minimum Gasteiger partial charge on any atom is -0.508 e. The molecule has 120 valence electrons. The molecule has 5 nitrogen and oxygen atoms in total. The van der Waals surface area contributed by atoms with Crippen molar-refractivity contribution in [3.8, 4) is 5.75 Å². The lowest BCUT2D eigenvalue weighted by molar-refractivity contribution is -0.247. The largest absolute Gasteiger partial charge is 0.508 e. The number of phenols is 1. The zero-order chi connectivity index (χ0) is 16.0. The van der Waals surface area contributed by atoms with Gasteiger partial charge >= 0.3 is 6.09 Å². The molecule has 3 aliphatic carbocycles. The fraction of sp³-hybridized carbons (Fsp3) is 0.588. The smallest absolute Gasteiger partial charge is 0.411 e. The highest BCUT2D eigenvalue weighted by Gasteiger charge is 2.63. The second-order valence-electron chi connectivity index (χ2n) is 7.13. The molecule has 0 radical (unpaired) electrons. The molecule has 0 unspecified atom stereocenters. The van der Waals surface area contributed by atoms with Crippen molar-refractivity contribution < 1.29 is 19.7 Å². The quantitative estimate of drug-likeness (QED) is 0.750. The molecule has 0 aromatic heterocycles. The molecule has 2 bridgehead atoms. The van der Waals surface area contributed by atoms with Crippen molar-refractivity contribution in [2.75, 3.05) is 11.9 Å². The Balaban J connectivity index is 1.51. The van der Waals surface area contributed by atoms with Crippen LogP contribution in [-0.4, -0.2) is 28.5 Å². The number of ether oxygens (including phenoxy) is 1. The number of nitrogens with one attached hydrogen (secondary N) is 1. The van der Waals surface area contributed by atoms with Crippen molar-refractivity contribution in [2.24, 2.45) is 17.3 Å². The van der Waals surface area contributed by atoms with E-state index >= 15 is 0 Å². The van der Waals surface area contributed by atoms with E-state index in [9.17, 15) is 15.0 Å². The Morgan fingerprint density at radius 3 is 2.64 bits per heavy atom. The first kappa shape index (κ1) is 15.2. The molecule has 3 N–H and O–H groups in total. The highest BCUT2D eigenvalue weighted by molar-refractivity contribution is 5.84. The van der Waals surface area contributed by atoms with Gasteiger partial charge in [-0.05, 0) is 60.8 Å². The van der Waals surface area contributed by atoms with Gasteiger partial charge in [0.15, 0.2) is 0 Å². The van der Waals surface area contributed by atoms with Gasteiger partial charge in [-0.2, -0.15) is 0 Å². The van der Waals surface area contributed by atoms with Gasteiger partial charge in [-0.25, -0.2) is 4.79 Å². The summed E-state index contributed by atoms with van der Waals surface area (Å²) in [5, 5.41) is 22.3. The topological polar surface area (TPSA) is 78.8 Å². The number of aromatic hydroxyl groups is 1. The Morgan fingerprint density at radius 2 is 2.05 bits per heavy atom. The van der Waals surface area contributed by atoms with E-state index in [1.165, 1.54) is 12.1 Å². The predicted molar refractivity (Wildman–Crippen MR) is 82.6 cm³/mol. The van der Waals surface area contributed by atoms with Crippen molar-refractivity contribution in [1.29, 1.82) is 0 Å². The molecule has 3 fully saturated rings. The second-order valence-corrected chi connectivity index (χ2v) is 7.13. The summed E-state index contributed by atoms with van der Waals surface area (Å²) in [4.78, 5) is 11.8. The Labute approximate surface area is 130 Å². The maximum absolute atomic E-state index is 11.8. The molecule has 0 spiro atoms. The maximum atomic E-state index is 11.8. The zero-order valence-corrected chi connectivity index (χ0v) is 13.0. The molecular formula is C17H23NO4. The Hall–Kier alpha value is -1.75. The molecule has 22 heavy (non-hydrogen) atoms. The van der Waals surface area contributed by atoms with Crippen molar-refractivity contribution in [3.63, 3.8) is 0 Å². The van der Waals surface area contributed by atoms with Crippen LogP contribution in [0.15, 0.2) is 24.3 Å². The lowest BCUT2D eigenvalue weighted by atomic mass is 9.43. The molecule has 5 heteroatoms. The fourth-order valence-electron chi connectivity index (χ4n) is 3.98. The molecule has 3 atom stereocenters. The number of anilines is 1. The number of benzene rings is 1. The molecule has 3 aliphatic rings. The predicted octanol–water partition coefficient (Wildman–Crippen LogP) is 3.13. The third kappa shape index (κ3) is 2.43. The van der Waals surface area contributed by atoms with Crippen LogP contribution in [0, 0.1) is 17.3 Å². The van der Waals surface area contributed by atoms with Gasteiger partial charge in [-0.1, -0.05) is 13.8 Å². The van der Waals surface area contributed by atoms with Gasteiger partial charge < -0.3 is 14.9 Å². The van der Waals surface area contributed by atoms with Crippen LogP contribution in [0.25, 0.3) is 0 Å². The van der Waals surface area contributed by atoms with E-state index in [0.29, 0.717) is 24.1 Å². The Bertz CT molecular complexity index is 565. The molecule has 0 heterocycles. The molecule has 0 aliphatic heterocycles. The van der Waals surface area contributed by atoms with Crippen LogP contribution in [-0.2, 0) is 4.74 Å². The normalized spacial score (nSPS) is 32.0. The summed E-state index contributed by atoms with van der Waals surface area (Å²) >= 11 is 0. The van der Waals surface area contributed by atoms with Crippen molar-refractivity contribution >= 4 is 11.8 Å². The average molecular weight is 305 g/mol. The van der Waals surface area contributed by atoms with Crippen LogP contribution < -0.4 is 5.32 Å². The highest BCUT2D eigenvalue weighted by atomic mass is 16.5. The van der Waals surface area contributed by atoms with Crippen LogP contribution in [0.4, 0.5) is 10.5 Å². The number of carbonyl (C=O) groups excluding carboxylic acids is 1. The average Bonchev–Trinajstić information content (AvgIpc) is 2.48. The Morgan fingerprint density at radius 1 is 1.36 bits per heavy atom. The minimum absolute atomic E-state index is 0.0906. The molecule has 1 aromatic carbocycles. The van der Waals surface area contributed by atoms with E-state index in [4.69, 9.17) is 4.74 Å². The first-order valence-corrected chi connectivity index (χ1v) is 7.77. The van der Waals surface area contributed by atoms with Gasteiger partial charge in [-0.3, -0.25) is 5.32 Å². The van der Waals surface area contributed by atoms with Crippen LogP contribution >= 0.6 is 0 Å².